The van der Waals surface area contributed by atoms with Crippen molar-refractivity contribution in [2.24, 2.45) is 0 Å². The summed E-state index contributed by atoms with van der Waals surface area (Å²) in [6.07, 6.45) is 5.87. The van der Waals surface area contributed by atoms with Crippen molar-refractivity contribution in [2.75, 3.05) is 13.1 Å². The van der Waals surface area contributed by atoms with Crippen LogP contribution < -0.4 is 0 Å². The van der Waals surface area contributed by atoms with E-state index in [9.17, 15) is 4.79 Å². The molecule has 3 rings (SSSR count). The quantitative estimate of drug-likeness (QED) is 0.904. The molecule has 2 aromatic rings. The summed E-state index contributed by atoms with van der Waals surface area (Å²) >= 11 is 0. The van der Waals surface area contributed by atoms with Gasteiger partial charge in [0.15, 0.2) is 0 Å². The summed E-state index contributed by atoms with van der Waals surface area (Å²) in [6, 6.07) is 0. The maximum absolute atomic E-state index is 12.3. The molecule has 7 heteroatoms. The first-order valence-electron chi connectivity index (χ1n) is 6.79. The Kier molecular flexibility index (Phi) is 3.49. The number of piperidine rings is 1. The normalized spacial score (nSPS) is 19.2. The van der Waals surface area contributed by atoms with Crippen LogP contribution in [0.3, 0.4) is 0 Å². The number of H-pyrrole nitrogens is 1. The molecule has 7 nitrogen and oxygen atoms in total. The van der Waals surface area contributed by atoms with E-state index in [0.29, 0.717) is 23.9 Å². The van der Waals surface area contributed by atoms with E-state index >= 15 is 0 Å². The fourth-order valence-electron chi connectivity index (χ4n) is 2.59. The first-order valence-corrected chi connectivity index (χ1v) is 6.79. The molecule has 1 N–H and O–H groups in total. The van der Waals surface area contributed by atoms with Crippen LogP contribution in [0.2, 0.25) is 0 Å². The number of amides is 1. The van der Waals surface area contributed by atoms with Gasteiger partial charge in [-0.05, 0) is 19.8 Å². The monoisotopic (exact) mass is 275 g/mol. The lowest BCUT2D eigenvalue weighted by atomic mass is 9.97. The molecule has 0 spiro atoms. The Morgan fingerprint density at radius 3 is 3.15 bits per heavy atom. The second kappa shape index (κ2) is 5.44. The number of rotatable bonds is 3. The zero-order valence-corrected chi connectivity index (χ0v) is 11.4. The Bertz CT molecular complexity index is 577. The zero-order valence-electron chi connectivity index (χ0n) is 11.4. The summed E-state index contributed by atoms with van der Waals surface area (Å²) < 4.78 is 4.63. The summed E-state index contributed by atoms with van der Waals surface area (Å²) in [6.45, 7) is 3.29. The molecule has 0 aromatic carbocycles. The molecule has 20 heavy (non-hydrogen) atoms. The minimum Gasteiger partial charge on any atom is -0.348 e. The van der Waals surface area contributed by atoms with Gasteiger partial charge in [0.05, 0.1) is 6.42 Å². The lowest BCUT2D eigenvalue weighted by Gasteiger charge is -2.31. The smallest absolute Gasteiger partial charge is 0.228 e. The number of imidazole rings is 1. The molecule has 2 aromatic heterocycles. The number of carbonyl (C=O) groups is 1. The molecule has 0 saturated carbocycles. The third kappa shape index (κ3) is 2.56. The first kappa shape index (κ1) is 12.8. The van der Waals surface area contributed by atoms with Crippen molar-refractivity contribution in [3.63, 3.8) is 0 Å². The number of nitrogens with zero attached hydrogens (tertiary/aromatic N) is 4. The molecular weight excluding hydrogens is 258 g/mol. The molecule has 1 amide bonds. The molecule has 1 atom stereocenters. The molecule has 0 bridgehead atoms. The number of nitrogens with one attached hydrogen (secondary N) is 1. The topological polar surface area (TPSA) is 87.9 Å². The Labute approximate surface area is 116 Å². The van der Waals surface area contributed by atoms with Gasteiger partial charge in [-0.25, -0.2) is 9.61 Å². The van der Waals surface area contributed by atoms with Crippen molar-refractivity contribution in [1.29, 1.82) is 0 Å². The Morgan fingerprint density at radius 1 is 1.55 bits per heavy atom. The second-order valence-corrected chi connectivity index (χ2v) is 5.13. The highest BCUT2D eigenvalue weighted by Crippen LogP contribution is 2.24. The number of hydrogen-bond donors (Lipinski definition) is 1. The van der Waals surface area contributed by atoms with Crippen LogP contribution in [-0.2, 0) is 11.2 Å². The Balaban J connectivity index is 1.65. The van der Waals surface area contributed by atoms with Crippen LogP contribution in [0.15, 0.2) is 17.0 Å². The van der Waals surface area contributed by atoms with E-state index in [1.54, 1.807) is 13.1 Å². The van der Waals surface area contributed by atoms with Crippen molar-refractivity contribution < 1.29 is 9.42 Å². The molecule has 1 aliphatic rings. The van der Waals surface area contributed by atoms with Crippen LogP contribution in [0.1, 0.15) is 36.0 Å². The van der Waals surface area contributed by atoms with Crippen molar-refractivity contribution in [3.8, 4) is 0 Å². The molecule has 1 aliphatic heterocycles. The van der Waals surface area contributed by atoms with E-state index in [1.807, 2.05) is 11.1 Å². The van der Waals surface area contributed by atoms with Crippen LogP contribution in [0.4, 0.5) is 0 Å². The SMILES string of the molecule is Cc1nonc1CC(=O)N1CCCC(c2ncc[nH]2)C1. The van der Waals surface area contributed by atoms with Crippen molar-refractivity contribution in [2.45, 2.75) is 32.1 Å². The van der Waals surface area contributed by atoms with Gasteiger partial charge in [0.1, 0.15) is 17.2 Å². The molecule has 1 unspecified atom stereocenters. The summed E-state index contributed by atoms with van der Waals surface area (Å²) in [5.74, 6) is 1.32. The van der Waals surface area contributed by atoms with E-state index in [0.717, 1.165) is 25.2 Å². The van der Waals surface area contributed by atoms with Gasteiger partial charge in [0.25, 0.3) is 0 Å². The minimum atomic E-state index is 0.0695. The Morgan fingerprint density at radius 2 is 2.45 bits per heavy atom. The van der Waals surface area contributed by atoms with E-state index in [4.69, 9.17) is 0 Å². The van der Waals surface area contributed by atoms with Gasteiger partial charge < -0.3 is 9.88 Å². The van der Waals surface area contributed by atoms with E-state index in [2.05, 4.69) is 24.9 Å². The van der Waals surface area contributed by atoms with Crippen molar-refractivity contribution >= 4 is 5.91 Å². The first-order chi connectivity index (χ1) is 9.74. The lowest BCUT2D eigenvalue weighted by molar-refractivity contribution is -0.131. The molecule has 0 aliphatic carbocycles. The van der Waals surface area contributed by atoms with Crippen LogP contribution in [0.25, 0.3) is 0 Å². The zero-order chi connectivity index (χ0) is 13.9. The van der Waals surface area contributed by atoms with Crippen molar-refractivity contribution in [3.05, 3.63) is 29.6 Å². The number of hydrogen-bond acceptors (Lipinski definition) is 5. The second-order valence-electron chi connectivity index (χ2n) is 5.13. The fraction of sp³-hybridized carbons (Fsp3) is 0.538. The van der Waals surface area contributed by atoms with Gasteiger partial charge in [0.2, 0.25) is 5.91 Å². The Hall–Kier alpha value is -2.18. The van der Waals surface area contributed by atoms with E-state index in [-0.39, 0.29) is 12.3 Å². The highest BCUT2D eigenvalue weighted by molar-refractivity contribution is 5.78. The highest BCUT2D eigenvalue weighted by atomic mass is 16.6. The van der Waals surface area contributed by atoms with E-state index in [1.165, 1.54) is 0 Å². The molecule has 3 heterocycles. The number of aromatic amines is 1. The molecule has 1 fully saturated rings. The molecule has 0 radical (unpaired) electrons. The average molecular weight is 275 g/mol. The van der Waals surface area contributed by atoms with Gasteiger partial charge in [-0.1, -0.05) is 10.3 Å². The number of aromatic nitrogens is 4. The summed E-state index contributed by atoms with van der Waals surface area (Å²) in [5.41, 5.74) is 1.30. The van der Waals surface area contributed by atoms with Gasteiger partial charge in [0, 0.05) is 31.4 Å². The van der Waals surface area contributed by atoms with Crippen LogP contribution >= 0.6 is 0 Å². The van der Waals surface area contributed by atoms with E-state index < -0.39 is 0 Å². The average Bonchev–Trinajstić information content (AvgIpc) is 3.12. The number of likely N-dealkylation sites (tertiary alicyclic amines) is 1. The molecule has 106 valence electrons. The summed E-state index contributed by atoms with van der Waals surface area (Å²) in [7, 11) is 0. The van der Waals surface area contributed by atoms with Gasteiger partial charge >= 0.3 is 0 Å². The predicted octanol–water partition coefficient (Wildman–Crippen LogP) is 1.05. The number of carbonyl (C=O) groups excluding carboxylic acids is 1. The number of aryl methyl sites for hydroxylation is 1. The third-order valence-electron chi connectivity index (χ3n) is 3.75. The predicted molar refractivity (Wildman–Crippen MR) is 69.9 cm³/mol. The minimum absolute atomic E-state index is 0.0695. The van der Waals surface area contributed by atoms with Gasteiger partial charge in [-0.2, -0.15) is 0 Å². The largest absolute Gasteiger partial charge is 0.348 e. The fourth-order valence-corrected chi connectivity index (χ4v) is 2.59. The maximum atomic E-state index is 12.3. The maximum Gasteiger partial charge on any atom is 0.228 e. The summed E-state index contributed by atoms with van der Waals surface area (Å²) in [5, 5.41) is 7.47. The van der Waals surface area contributed by atoms with Gasteiger partial charge in [-0.15, -0.1) is 0 Å². The highest BCUT2D eigenvalue weighted by Gasteiger charge is 2.26. The third-order valence-corrected chi connectivity index (χ3v) is 3.75. The van der Waals surface area contributed by atoms with Gasteiger partial charge in [-0.3, -0.25) is 4.79 Å². The standard InChI is InChI=1S/C13H17N5O2/c1-9-11(17-20-16-9)7-12(19)18-6-2-3-10(8-18)13-14-4-5-15-13/h4-5,10H,2-3,6-8H2,1H3,(H,14,15). The van der Waals surface area contributed by atoms with Crippen LogP contribution in [0.5, 0.6) is 0 Å². The van der Waals surface area contributed by atoms with Crippen LogP contribution in [0, 0.1) is 6.92 Å². The molecule has 1 saturated heterocycles. The van der Waals surface area contributed by atoms with Crippen LogP contribution in [-0.4, -0.2) is 44.2 Å². The lowest BCUT2D eigenvalue weighted by Crippen LogP contribution is -2.40. The van der Waals surface area contributed by atoms with Crippen molar-refractivity contribution in [1.82, 2.24) is 25.2 Å². The molecular formula is C13H17N5O2. The summed E-state index contributed by atoms with van der Waals surface area (Å²) in [4.78, 5) is 21.6.